The van der Waals surface area contributed by atoms with E-state index in [0.717, 1.165) is 0 Å². The normalized spacial score (nSPS) is 17.2. The summed E-state index contributed by atoms with van der Waals surface area (Å²) < 4.78 is 37.8. The van der Waals surface area contributed by atoms with E-state index in [4.69, 9.17) is 5.11 Å². The molecule has 0 aliphatic carbocycles. The Bertz CT molecular complexity index is 398. The highest BCUT2D eigenvalue weighted by molar-refractivity contribution is 5.78. The number of rotatable bonds is 3. The summed E-state index contributed by atoms with van der Waals surface area (Å²) in [6.45, 7) is 0.457. The van der Waals surface area contributed by atoms with Crippen molar-refractivity contribution in [2.75, 3.05) is 0 Å². The fourth-order valence-electron chi connectivity index (χ4n) is 1.52. The predicted octanol–water partition coefficient (Wildman–Crippen LogP) is 2.17. The first kappa shape index (κ1) is 13.5. The van der Waals surface area contributed by atoms with Crippen molar-refractivity contribution in [2.45, 2.75) is 24.6 Å². The van der Waals surface area contributed by atoms with Crippen molar-refractivity contribution in [1.29, 1.82) is 0 Å². The molecular formula is C11H11F3O3. The Kier molecular flexibility index (Phi) is 3.47. The van der Waals surface area contributed by atoms with Gasteiger partial charge in [-0.1, -0.05) is 30.3 Å². The number of carbonyl (C=O) groups is 1. The van der Waals surface area contributed by atoms with Crippen LogP contribution in [0.1, 0.15) is 18.4 Å². The molecule has 0 aromatic heterocycles. The minimum Gasteiger partial charge on any atom is -0.481 e. The van der Waals surface area contributed by atoms with Gasteiger partial charge in [-0.25, -0.2) is 0 Å². The van der Waals surface area contributed by atoms with E-state index in [1.54, 1.807) is 6.07 Å². The number of hydrogen-bond acceptors (Lipinski definition) is 2. The van der Waals surface area contributed by atoms with E-state index >= 15 is 0 Å². The van der Waals surface area contributed by atoms with Crippen LogP contribution in [-0.4, -0.2) is 28.0 Å². The molecule has 2 N–H and O–H groups in total. The highest BCUT2D eigenvalue weighted by Gasteiger charge is 2.58. The fraction of sp³-hybridized carbons (Fsp3) is 0.364. The third-order valence-electron chi connectivity index (χ3n) is 2.52. The number of alkyl halides is 3. The summed E-state index contributed by atoms with van der Waals surface area (Å²) in [5, 5.41) is 18.3. The van der Waals surface area contributed by atoms with E-state index in [2.05, 4.69) is 0 Å². The van der Waals surface area contributed by atoms with Gasteiger partial charge in [-0.15, -0.1) is 0 Å². The third-order valence-corrected chi connectivity index (χ3v) is 2.52. The molecule has 0 spiro atoms. The summed E-state index contributed by atoms with van der Waals surface area (Å²) in [6.07, 6.45) is -5.02. The summed E-state index contributed by atoms with van der Waals surface area (Å²) in [7, 11) is 0. The molecule has 17 heavy (non-hydrogen) atoms. The van der Waals surface area contributed by atoms with E-state index in [0.29, 0.717) is 6.92 Å². The second-order valence-electron chi connectivity index (χ2n) is 3.83. The standard InChI is InChI=1S/C11H11F3O3/c1-10(17,11(12,13)14)8(9(15)16)7-5-3-2-4-6-7/h2-6,8,17H,1H3,(H,15,16). The molecule has 1 aromatic rings. The van der Waals surface area contributed by atoms with Crippen molar-refractivity contribution in [2.24, 2.45) is 0 Å². The summed E-state index contributed by atoms with van der Waals surface area (Å²) >= 11 is 0. The van der Waals surface area contributed by atoms with E-state index in [-0.39, 0.29) is 5.56 Å². The first-order valence-corrected chi connectivity index (χ1v) is 4.74. The van der Waals surface area contributed by atoms with Gasteiger partial charge in [-0.2, -0.15) is 13.2 Å². The molecule has 2 atom stereocenters. The van der Waals surface area contributed by atoms with Gasteiger partial charge < -0.3 is 10.2 Å². The molecule has 2 unspecified atom stereocenters. The van der Waals surface area contributed by atoms with Gasteiger partial charge in [0.25, 0.3) is 0 Å². The Hall–Kier alpha value is -1.56. The molecule has 0 heterocycles. The average Bonchev–Trinajstić information content (AvgIpc) is 2.16. The van der Waals surface area contributed by atoms with Gasteiger partial charge in [-0.3, -0.25) is 4.79 Å². The van der Waals surface area contributed by atoms with Crippen LogP contribution in [0.4, 0.5) is 13.2 Å². The molecule has 3 nitrogen and oxygen atoms in total. The van der Waals surface area contributed by atoms with E-state index < -0.39 is 23.7 Å². The maximum Gasteiger partial charge on any atom is 0.418 e. The highest BCUT2D eigenvalue weighted by atomic mass is 19.4. The second-order valence-corrected chi connectivity index (χ2v) is 3.83. The smallest absolute Gasteiger partial charge is 0.418 e. The first-order chi connectivity index (χ1) is 7.68. The van der Waals surface area contributed by atoms with Gasteiger partial charge in [0.15, 0.2) is 5.60 Å². The highest BCUT2D eigenvalue weighted by Crippen LogP contribution is 2.41. The maximum absolute atomic E-state index is 12.6. The number of halogens is 3. The van der Waals surface area contributed by atoms with E-state index in [1.807, 2.05) is 0 Å². The summed E-state index contributed by atoms with van der Waals surface area (Å²) in [5.74, 6) is -3.78. The third kappa shape index (κ3) is 2.58. The van der Waals surface area contributed by atoms with Gasteiger partial charge >= 0.3 is 12.1 Å². The molecule has 1 rings (SSSR count). The number of aliphatic carboxylic acids is 1. The number of carboxylic acid groups (broad SMARTS) is 1. The Balaban J connectivity index is 3.25. The van der Waals surface area contributed by atoms with E-state index in [1.165, 1.54) is 24.3 Å². The zero-order valence-corrected chi connectivity index (χ0v) is 8.90. The fourth-order valence-corrected chi connectivity index (χ4v) is 1.52. The molecule has 0 fully saturated rings. The predicted molar refractivity (Wildman–Crippen MR) is 53.5 cm³/mol. The molecule has 0 radical (unpaired) electrons. The molecule has 0 saturated heterocycles. The van der Waals surface area contributed by atoms with Crippen molar-refractivity contribution in [3.05, 3.63) is 35.9 Å². The zero-order valence-electron chi connectivity index (χ0n) is 8.90. The van der Waals surface area contributed by atoms with Crippen LogP contribution in [0.2, 0.25) is 0 Å². The summed E-state index contributed by atoms with van der Waals surface area (Å²) in [5.41, 5.74) is -3.41. The zero-order chi connectivity index (χ0) is 13.3. The van der Waals surface area contributed by atoms with Gasteiger partial charge in [0.05, 0.1) is 0 Å². The van der Waals surface area contributed by atoms with Crippen LogP contribution in [0.15, 0.2) is 30.3 Å². The lowest BCUT2D eigenvalue weighted by atomic mass is 9.83. The first-order valence-electron chi connectivity index (χ1n) is 4.74. The largest absolute Gasteiger partial charge is 0.481 e. The number of benzene rings is 1. The second kappa shape index (κ2) is 4.37. The minimum absolute atomic E-state index is 0.0951. The average molecular weight is 248 g/mol. The molecule has 0 amide bonds. The Morgan fingerprint density at radius 2 is 1.71 bits per heavy atom. The lowest BCUT2D eigenvalue weighted by Gasteiger charge is -2.32. The Labute approximate surface area is 95.5 Å². The minimum atomic E-state index is -5.02. The van der Waals surface area contributed by atoms with Crippen molar-refractivity contribution in [3.8, 4) is 0 Å². The van der Waals surface area contributed by atoms with Crippen molar-refractivity contribution in [1.82, 2.24) is 0 Å². The monoisotopic (exact) mass is 248 g/mol. The van der Waals surface area contributed by atoms with Gasteiger partial charge in [0, 0.05) is 0 Å². The van der Waals surface area contributed by atoms with Crippen LogP contribution in [0.3, 0.4) is 0 Å². The van der Waals surface area contributed by atoms with Crippen LogP contribution in [0, 0.1) is 0 Å². The maximum atomic E-state index is 12.6. The van der Waals surface area contributed by atoms with E-state index in [9.17, 15) is 23.1 Å². The van der Waals surface area contributed by atoms with Gasteiger partial charge in [0.1, 0.15) is 5.92 Å². The molecule has 0 aliphatic heterocycles. The van der Waals surface area contributed by atoms with Crippen LogP contribution in [-0.2, 0) is 4.79 Å². The van der Waals surface area contributed by atoms with Crippen molar-refractivity contribution < 1.29 is 28.2 Å². The Morgan fingerprint density at radius 3 is 2.06 bits per heavy atom. The van der Waals surface area contributed by atoms with Crippen LogP contribution >= 0.6 is 0 Å². The number of carboxylic acids is 1. The Morgan fingerprint density at radius 1 is 1.24 bits per heavy atom. The molecule has 0 saturated carbocycles. The van der Waals surface area contributed by atoms with Gasteiger partial charge in [-0.05, 0) is 12.5 Å². The lowest BCUT2D eigenvalue weighted by Crippen LogP contribution is -2.50. The van der Waals surface area contributed by atoms with Crippen molar-refractivity contribution in [3.63, 3.8) is 0 Å². The SMILES string of the molecule is CC(O)(C(C(=O)O)c1ccccc1)C(F)(F)F. The molecule has 1 aromatic carbocycles. The van der Waals surface area contributed by atoms with Crippen LogP contribution < -0.4 is 0 Å². The molecule has 94 valence electrons. The summed E-state index contributed by atoms with van der Waals surface area (Å²) in [4.78, 5) is 10.9. The van der Waals surface area contributed by atoms with Crippen LogP contribution in [0.25, 0.3) is 0 Å². The molecule has 0 aliphatic rings. The molecular weight excluding hydrogens is 237 g/mol. The lowest BCUT2D eigenvalue weighted by molar-refractivity contribution is -0.261. The molecule has 0 bridgehead atoms. The number of hydrogen-bond donors (Lipinski definition) is 2. The molecule has 6 heteroatoms. The van der Waals surface area contributed by atoms with Crippen LogP contribution in [0.5, 0.6) is 0 Å². The van der Waals surface area contributed by atoms with Gasteiger partial charge in [0.2, 0.25) is 0 Å². The summed E-state index contributed by atoms with van der Waals surface area (Å²) in [6, 6.07) is 6.85. The topological polar surface area (TPSA) is 57.5 Å². The van der Waals surface area contributed by atoms with Crippen molar-refractivity contribution >= 4 is 5.97 Å². The quantitative estimate of drug-likeness (QED) is 0.861. The number of aliphatic hydroxyl groups is 1.